The maximum absolute atomic E-state index is 12.5. The van der Waals surface area contributed by atoms with E-state index in [0.29, 0.717) is 18.0 Å². The zero-order valence-electron chi connectivity index (χ0n) is 10.5. The van der Waals surface area contributed by atoms with Crippen LogP contribution in [0.2, 0.25) is 0 Å². The summed E-state index contributed by atoms with van der Waals surface area (Å²) in [5, 5.41) is 3.32. The van der Waals surface area contributed by atoms with Gasteiger partial charge in [-0.15, -0.1) is 12.6 Å². The summed E-state index contributed by atoms with van der Waals surface area (Å²) < 4.78 is 26.5. The molecule has 1 fully saturated rings. The third-order valence-corrected chi connectivity index (χ3v) is 5.14. The third-order valence-electron chi connectivity index (χ3n) is 3.00. The summed E-state index contributed by atoms with van der Waals surface area (Å²) in [6.07, 6.45) is 0. The number of benzene rings is 1. The van der Waals surface area contributed by atoms with Gasteiger partial charge >= 0.3 is 0 Å². The van der Waals surface area contributed by atoms with E-state index >= 15 is 0 Å². The lowest BCUT2D eigenvalue weighted by Gasteiger charge is -2.35. The molecule has 1 aromatic carbocycles. The molecule has 1 heterocycles. The molecule has 1 aliphatic heterocycles. The Balaban J connectivity index is 2.28. The van der Waals surface area contributed by atoms with E-state index in [0.717, 1.165) is 4.90 Å². The standard InChI is InChI=1S/C12H18N2O2S2/c1-9-7-14(8-10(2)13-9)18(15,16)12-5-3-11(17)4-6-12/h3-6,9-10,13,17H,7-8H2,1-2H3. The fourth-order valence-electron chi connectivity index (χ4n) is 2.24. The highest BCUT2D eigenvalue weighted by molar-refractivity contribution is 7.89. The van der Waals surface area contributed by atoms with Gasteiger partial charge in [0.15, 0.2) is 0 Å². The molecule has 1 aromatic rings. The van der Waals surface area contributed by atoms with Crippen LogP contribution in [0.5, 0.6) is 0 Å². The van der Waals surface area contributed by atoms with Gasteiger partial charge in [0.05, 0.1) is 4.90 Å². The highest BCUT2D eigenvalue weighted by Gasteiger charge is 2.31. The second-order valence-corrected chi connectivity index (χ2v) is 7.24. The zero-order chi connectivity index (χ0) is 13.3. The Kier molecular flexibility index (Phi) is 4.01. The predicted octanol–water partition coefficient (Wildman–Crippen LogP) is 1.35. The molecule has 1 saturated heterocycles. The van der Waals surface area contributed by atoms with E-state index in [-0.39, 0.29) is 12.1 Å². The van der Waals surface area contributed by atoms with Gasteiger partial charge in [0, 0.05) is 30.1 Å². The Morgan fingerprint density at radius 3 is 2.17 bits per heavy atom. The van der Waals surface area contributed by atoms with Gasteiger partial charge in [-0.05, 0) is 38.1 Å². The molecule has 0 amide bonds. The first-order chi connectivity index (χ1) is 8.39. The summed E-state index contributed by atoms with van der Waals surface area (Å²) in [7, 11) is -3.39. The van der Waals surface area contributed by atoms with Gasteiger partial charge in [-0.25, -0.2) is 8.42 Å². The van der Waals surface area contributed by atoms with Crippen LogP contribution in [0.25, 0.3) is 0 Å². The number of nitrogens with zero attached hydrogens (tertiary/aromatic N) is 1. The number of thiol groups is 1. The van der Waals surface area contributed by atoms with Gasteiger partial charge in [0.25, 0.3) is 0 Å². The zero-order valence-corrected chi connectivity index (χ0v) is 12.2. The van der Waals surface area contributed by atoms with Crippen LogP contribution in [0.3, 0.4) is 0 Å². The molecule has 100 valence electrons. The van der Waals surface area contributed by atoms with Crippen molar-refractivity contribution >= 4 is 22.7 Å². The Labute approximate surface area is 114 Å². The molecular weight excluding hydrogens is 268 g/mol. The van der Waals surface area contributed by atoms with Gasteiger partial charge in [0.2, 0.25) is 10.0 Å². The first kappa shape index (κ1) is 13.9. The van der Waals surface area contributed by atoms with E-state index in [2.05, 4.69) is 17.9 Å². The van der Waals surface area contributed by atoms with Gasteiger partial charge in [0.1, 0.15) is 0 Å². The summed E-state index contributed by atoms with van der Waals surface area (Å²) in [6.45, 7) is 5.01. The second-order valence-electron chi connectivity index (χ2n) is 4.78. The molecule has 2 atom stereocenters. The lowest BCUT2D eigenvalue weighted by atomic mass is 10.2. The molecule has 18 heavy (non-hydrogen) atoms. The molecule has 0 aromatic heterocycles. The van der Waals surface area contributed by atoms with Crippen molar-refractivity contribution in [3.63, 3.8) is 0 Å². The second kappa shape index (κ2) is 5.21. The predicted molar refractivity (Wildman–Crippen MR) is 74.5 cm³/mol. The average molecular weight is 286 g/mol. The van der Waals surface area contributed by atoms with E-state index in [1.54, 1.807) is 28.6 Å². The van der Waals surface area contributed by atoms with Crippen LogP contribution in [-0.4, -0.2) is 37.9 Å². The van der Waals surface area contributed by atoms with Gasteiger partial charge in [-0.1, -0.05) is 0 Å². The highest BCUT2D eigenvalue weighted by Crippen LogP contribution is 2.20. The van der Waals surface area contributed by atoms with Crippen molar-refractivity contribution in [3.05, 3.63) is 24.3 Å². The van der Waals surface area contributed by atoms with Crippen molar-refractivity contribution in [1.82, 2.24) is 9.62 Å². The van der Waals surface area contributed by atoms with E-state index in [4.69, 9.17) is 0 Å². The molecule has 1 aliphatic rings. The van der Waals surface area contributed by atoms with Crippen molar-refractivity contribution < 1.29 is 8.42 Å². The molecule has 2 unspecified atom stereocenters. The molecule has 4 nitrogen and oxygen atoms in total. The number of piperazine rings is 1. The van der Waals surface area contributed by atoms with Gasteiger partial charge in [-0.2, -0.15) is 4.31 Å². The van der Waals surface area contributed by atoms with Crippen LogP contribution in [0.4, 0.5) is 0 Å². The Bertz CT molecular complexity index is 503. The Hall–Kier alpha value is -0.560. The maximum atomic E-state index is 12.5. The largest absolute Gasteiger partial charge is 0.309 e. The summed E-state index contributed by atoms with van der Waals surface area (Å²) in [5.74, 6) is 0. The van der Waals surface area contributed by atoms with Crippen molar-refractivity contribution in [2.75, 3.05) is 13.1 Å². The van der Waals surface area contributed by atoms with Crippen LogP contribution in [-0.2, 0) is 10.0 Å². The van der Waals surface area contributed by atoms with Crippen LogP contribution in [0.15, 0.2) is 34.1 Å². The molecule has 2 rings (SSSR count). The molecule has 0 spiro atoms. The number of sulfonamides is 1. The topological polar surface area (TPSA) is 49.4 Å². The van der Waals surface area contributed by atoms with Gasteiger partial charge < -0.3 is 5.32 Å². The smallest absolute Gasteiger partial charge is 0.243 e. The van der Waals surface area contributed by atoms with Crippen LogP contribution < -0.4 is 5.32 Å². The van der Waals surface area contributed by atoms with Crippen LogP contribution >= 0.6 is 12.6 Å². The summed E-state index contributed by atoms with van der Waals surface area (Å²) >= 11 is 4.16. The minimum atomic E-state index is -3.39. The van der Waals surface area contributed by atoms with Crippen molar-refractivity contribution in [2.45, 2.75) is 35.7 Å². The quantitative estimate of drug-likeness (QED) is 0.807. The molecule has 6 heteroatoms. The molecule has 0 bridgehead atoms. The third kappa shape index (κ3) is 2.88. The minimum Gasteiger partial charge on any atom is -0.309 e. The molecule has 1 N–H and O–H groups in total. The SMILES string of the molecule is CC1CN(S(=O)(=O)c2ccc(S)cc2)CC(C)N1. The molecule has 0 saturated carbocycles. The van der Waals surface area contributed by atoms with Gasteiger partial charge in [-0.3, -0.25) is 0 Å². The molecule has 0 radical (unpaired) electrons. The maximum Gasteiger partial charge on any atom is 0.243 e. The normalized spacial score (nSPS) is 26.2. The summed E-state index contributed by atoms with van der Waals surface area (Å²) in [5.41, 5.74) is 0. The van der Waals surface area contributed by atoms with Crippen molar-refractivity contribution in [3.8, 4) is 0 Å². The molecule has 0 aliphatic carbocycles. The van der Waals surface area contributed by atoms with Crippen molar-refractivity contribution in [2.24, 2.45) is 0 Å². The fraction of sp³-hybridized carbons (Fsp3) is 0.500. The first-order valence-corrected chi connectivity index (χ1v) is 7.83. The van der Waals surface area contributed by atoms with E-state index in [1.165, 1.54) is 0 Å². The van der Waals surface area contributed by atoms with E-state index < -0.39 is 10.0 Å². The van der Waals surface area contributed by atoms with Crippen LogP contribution in [0, 0.1) is 0 Å². The van der Waals surface area contributed by atoms with E-state index in [1.807, 2.05) is 13.8 Å². The monoisotopic (exact) mass is 286 g/mol. The summed E-state index contributed by atoms with van der Waals surface area (Å²) in [4.78, 5) is 1.09. The fourth-order valence-corrected chi connectivity index (χ4v) is 4.01. The number of hydrogen-bond donors (Lipinski definition) is 2. The number of nitrogens with one attached hydrogen (secondary N) is 1. The lowest BCUT2D eigenvalue weighted by molar-refractivity contribution is 0.263. The average Bonchev–Trinajstić information content (AvgIpc) is 2.28. The van der Waals surface area contributed by atoms with Crippen molar-refractivity contribution in [1.29, 1.82) is 0 Å². The minimum absolute atomic E-state index is 0.174. The Morgan fingerprint density at radius 1 is 1.17 bits per heavy atom. The van der Waals surface area contributed by atoms with Crippen LogP contribution in [0.1, 0.15) is 13.8 Å². The Morgan fingerprint density at radius 2 is 1.67 bits per heavy atom. The summed E-state index contributed by atoms with van der Waals surface area (Å²) in [6, 6.07) is 6.96. The number of hydrogen-bond acceptors (Lipinski definition) is 4. The highest BCUT2D eigenvalue weighted by atomic mass is 32.2. The first-order valence-electron chi connectivity index (χ1n) is 5.95. The molecular formula is C12H18N2O2S2. The van der Waals surface area contributed by atoms with E-state index in [9.17, 15) is 8.42 Å². The number of rotatable bonds is 2. The lowest BCUT2D eigenvalue weighted by Crippen LogP contribution is -2.55.